The number of ether oxygens (including phenoxy) is 1. The Morgan fingerprint density at radius 1 is 1.62 bits per heavy atom. The van der Waals surface area contributed by atoms with Crippen molar-refractivity contribution in [2.75, 3.05) is 19.7 Å². The summed E-state index contributed by atoms with van der Waals surface area (Å²) >= 11 is 0. The van der Waals surface area contributed by atoms with E-state index < -0.39 is 0 Å². The van der Waals surface area contributed by atoms with Gasteiger partial charge < -0.3 is 14.6 Å². The van der Waals surface area contributed by atoms with Gasteiger partial charge in [0.05, 0.1) is 12.9 Å². The first-order valence-electron chi connectivity index (χ1n) is 5.25. The molecule has 1 heterocycles. The van der Waals surface area contributed by atoms with Gasteiger partial charge in [0.25, 0.3) is 0 Å². The third-order valence-corrected chi connectivity index (χ3v) is 2.01. The molecule has 0 aliphatic carbocycles. The normalized spacial score (nSPS) is 10.1. The number of imidazole rings is 1. The maximum atomic E-state index is 11.2. The van der Waals surface area contributed by atoms with Crippen molar-refractivity contribution in [2.24, 2.45) is 0 Å². The van der Waals surface area contributed by atoms with Gasteiger partial charge in [-0.05, 0) is 6.92 Å². The number of hydrogen-bond donors (Lipinski definition) is 1. The Balaban J connectivity index is 2.11. The third-order valence-electron chi connectivity index (χ3n) is 2.01. The summed E-state index contributed by atoms with van der Waals surface area (Å²) in [6.45, 7) is 7.84. The van der Waals surface area contributed by atoms with Crippen molar-refractivity contribution in [3.05, 3.63) is 30.9 Å². The Labute approximate surface area is 95.1 Å². The van der Waals surface area contributed by atoms with Crippen molar-refractivity contribution in [2.45, 2.75) is 13.5 Å². The van der Waals surface area contributed by atoms with Gasteiger partial charge in [0.1, 0.15) is 0 Å². The van der Waals surface area contributed by atoms with Gasteiger partial charge in [-0.15, -0.1) is 0 Å². The predicted molar refractivity (Wildman–Crippen MR) is 60.9 cm³/mol. The van der Waals surface area contributed by atoms with Crippen LogP contribution in [0.25, 0.3) is 0 Å². The second kappa shape index (κ2) is 6.79. The van der Waals surface area contributed by atoms with Crippen molar-refractivity contribution < 1.29 is 9.53 Å². The average molecular weight is 223 g/mol. The molecule has 0 radical (unpaired) electrons. The molecule has 0 saturated carbocycles. The fraction of sp³-hybridized carbons (Fsp3) is 0.455. The second-order valence-electron chi connectivity index (χ2n) is 3.30. The second-order valence-corrected chi connectivity index (χ2v) is 3.30. The van der Waals surface area contributed by atoms with Crippen LogP contribution in [0.5, 0.6) is 0 Å². The number of rotatable bonds is 7. The summed E-state index contributed by atoms with van der Waals surface area (Å²) < 4.78 is 6.77. The Morgan fingerprint density at radius 2 is 2.44 bits per heavy atom. The van der Waals surface area contributed by atoms with Gasteiger partial charge in [-0.25, -0.2) is 9.78 Å². The van der Waals surface area contributed by atoms with Gasteiger partial charge in [-0.1, -0.05) is 6.58 Å². The van der Waals surface area contributed by atoms with Crippen molar-refractivity contribution >= 4 is 5.97 Å². The first kappa shape index (κ1) is 12.4. The minimum absolute atomic E-state index is 0.336. The Bertz CT molecular complexity index is 333. The summed E-state index contributed by atoms with van der Waals surface area (Å²) in [7, 11) is 0. The van der Waals surface area contributed by atoms with E-state index in [1.165, 1.54) is 0 Å². The van der Waals surface area contributed by atoms with Gasteiger partial charge in [0, 0.05) is 37.6 Å². The van der Waals surface area contributed by atoms with Gasteiger partial charge in [0.2, 0.25) is 0 Å². The lowest BCUT2D eigenvalue weighted by atomic mass is 10.3. The van der Waals surface area contributed by atoms with E-state index in [0.29, 0.717) is 18.7 Å². The summed E-state index contributed by atoms with van der Waals surface area (Å²) in [5, 5.41) is 3.11. The number of carbonyl (C=O) groups is 1. The van der Waals surface area contributed by atoms with Gasteiger partial charge in [-0.2, -0.15) is 0 Å². The van der Waals surface area contributed by atoms with E-state index in [-0.39, 0.29) is 5.97 Å². The molecule has 0 saturated heterocycles. The highest BCUT2D eigenvalue weighted by Gasteiger charge is 2.06. The summed E-state index contributed by atoms with van der Waals surface area (Å²) in [5.74, 6) is -0.336. The molecule has 1 rings (SSSR count). The smallest absolute Gasteiger partial charge is 0.334 e. The number of nitrogens with one attached hydrogen (secondary N) is 1. The van der Waals surface area contributed by atoms with Crippen molar-refractivity contribution in [1.29, 1.82) is 0 Å². The molecule has 0 aliphatic heterocycles. The van der Waals surface area contributed by atoms with E-state index in [4.69, 9.17) is 4.74 Å². The Morgan fingerprint density at radius 3 is 3.06 bits per heavy atom. The van der Waals surface area contributed by atoms with Gasteiger partial charge >= 0.3 is 5.97 Å². The standard InChI is InChI=1S/C11H17N3O2/c1-3-16-11(15)10(2)8-12-4-6-14-7-5-13-9-14/h5,7,9,12H,2-4,6,8H2,1H3. The van der Waals surface area contributed by atoms with Crippen LogP contribution in [0.1, 0.15) is 6.92 Å². The molecule has 5 nitrogen and oxygen atoms in total. The summed E-state index contributed by atoms with van der Waals surface area (Å²) in [4.78, 5) is 15.1. The highest BCUT2D eigenvalue weighted by Crippen LogP contribution is 1.92. The first-order valence-corrected chi connectivity index (χ1v) is 5.25. The molecule has 0 aliphatic rings. The molecular formula is C11H17N3O2. The molecule has 1 N–H and O–H groups in total. The number of esters is 1. The molecule has 5 heteroatoms. The van der Waals surface area contributed by atoms with E-state index in [9.17, 15) is 4.79 Å². The van der Waals surface area contributed by atoms with Gasteiger partial charge in [0.15, 0.2) is 0 Å². The molecule has 0 aromatic carbocycles. The molecule has 1 aromatic rings. The molecular weight excluding hydrogens is 206 g/mol. The zero-order valence-corrected chi connectivity index (χ0v) is 9.48. The first-order chi connectivity index (χ1) is 7.74. The minimum atomic E-state index is -0.336. The monoisotopic (exact) mass is 223 g/mol. The number of hydrogen-bond acceptors (Lipinski definition) is 4. The molecule has 0 bridgehead atoms. The molecule has 1 aromatic heterocycles. The highest BCUT2D eigenvalue weighted by molar-refractivity contribution is 5.88. The Kier molecular flexibility index (Phi) is 5.28. The van der Waals surface area contributed by atoms with E-state index in [0.717, 1.165) is 13.1 Å². The van der Waals surface area contributed by atoms with Crippen LogP contribution in [0.4, 0.5) is 0 Å². The van der Waals surface area contributed by atoms with Crippen molar-refractivity contribution in [3.8, 4) is 0 Å². The van der Waals surface area contributed by atoms with Crippen molar-refractivity contribution in [3.63, 3.8) is 0 Å². The average Bonchev–Trinajstić information content (AvgIpc) is 2.77. The molecule has 0 spiro atoms. The molecule has 0 unspecified atom stereocenters. The van der Waals surface area contributed by atoms with E-state index in [1.807, 2.05) is 10.8 Å². The van der Waals surface area contributed by atoms with Crippen LogP contribution in [-0.2, 0) is 16.1 Å². The maximum absolute atomic E-state index is 11.2. The van der Waals surface area contributed by atoms with Crippen LogP contribution >= 0.6 is 0 Å². The van der Waals surface area contributed by atoms with Gasteiger partial charge in [-0.3, -0.25) is 0 Å². The van der Waals surface area contributed by atoms with Crippen LogP contribution in [0.2, 0.25) is 0 Å². The fourth-order valence-corrected chi connectivity index (χ4v) is 1.17. The van der Waals surface area contributed by atoms with E-state index in [2.05, 4.69) is 16.9 Å². The summed E-state index contributed by atoms with van der Waals surface area (Å²) in [5.41, 5.74) is 0.451. The topological polar surface area (TPSA) is 56.2 Å². The van der Waals surface area contributed by atoms with Crippen LogP contribution in [0, 0.1) is 0 Å². The van der Waals surface area contributed by atoms with E-state index in [1.54, 1.807) is 19.4 Å². The number of carbonyl (C=O) groups excluding carboxylic acids is 1. The number of nitrogens with zero attached hydrogens (tertiary/aromatic N) is 2. The highest BCUT2D eigenvalue weighted by atomic mass is 16.5. The predicted octanol–water partition coefficient (Wildman–Crippen LogP) is 0.592. The Hall–Kier alpha value is -1.62. The zero-order chi connectivity index (χ0) is 11.8. The summed E-state index contributed by atoms with van der Waals surface area (Å²) in [6, 6.07) is 0. The molecule has 0 atom stereocenters. The van der Waals surface area contributed by atoms with Crippen LogP contribution in [0.3, 0.4) is 0 Å². The van der Waals surface area contributed by atoms with Crippen LogP contribution in [0.15, 0.2) is 30.9 Å². The largest absolute Gasteiger partial charge is 0.463 e. The fourth-order valence-electron chi connectivity index (χ4n) is 1.17. The van der Waals surface area contributed by atoms with E-state index >= 15 is 0 Å². The lowest BCUT2D eigenvalue weighted by Crippen LogP contribution is -2.25. The third kappa shape index (κ3) is 4.27. The summed E-state index contributed by atoms with van der Waals surface area (Å²) in [6.07, 6.45) is 5.38. The van der Waals surface area contributed by atoms with Crippen LogP contribution < -0.4 is 5.32 Å². The molecule has 0 amide bonds. The lowest BCUT2D eigenvalue weighted by molar-refractivity contribution is -0.138. The molecule has 0 fully saturated rings. The van der Waals surface area contributed by atoms with Crippen molar-refractivity contribution in [1.82, 2.24) is 14.9 Å². The molecule has 16 heavy (non-hydrogen) atoms. The SMILES string of the molecule is C=C(CNCCn1ccnc1)C(=O)OCC. The lowest BCUT2D eigenvalue weighted by Gasteiger charge is -2.07. The maximum Gasteiger partial charge on any atom is 0.334 e. The minimum Gasteiger partial charge on any atom is -0.463 e. The van der Waals surface area contributed by atoms with Crippen LogP contribution in [-0.4, -0.2) is 35.2 Å². The quantitative estimate of drug-likeness (QED) is 0.417. The molecule has 88 valence electrons. The zero-order valence-electron chi connectivity index (χ0n) is 9.48. The number of aromatic nitrogens is 2.